The molecule has 2 aromatic rings. The zero-order chi connectivity index (χ0) is 14.2. The predicted octanol–water partition coefficient (Wildman–Crippen LogP) is 4.42. The second kappa shape index (κ2) is 4.76. The van der Waals surface area contributed by atoms with Crippen LogP contribution in [0.4, 0.5) is 8.78 Å². The van der Waals surface area contributed by atoms with Crippen LogP contribution in [0.25, 0.3) is 5.69 Å². The van der Waals surface area contributed by atoms with Crippen LogP contribution in [0.2, 0.25) is 0 Å². The first kappa shape index (κ1) is 13.7. The third-order valence-corrected chi connectivity index (χ3v) is 3.10. The van der Waals surface area contributed by atoms with Gasteiger partial charge in [0.25, 0.3) is 5.92 Å². The molecular weight excluding hydrogens is 246 g/mol. The summed E-state index contributed by atoms with van der Waals surface area (Å²) in [5.41, 5.74) is 2.58. The highest BCUT2D eigenvalue weighted by molar-refractivity contribution is 5.38. The SMILES string of the molecule is Cc1cc(C(C)C)nn1-c1cccc(C(C)(F)F)c1. The molecule has 0 spiro atoms. The van der Waals surface area contributed by atoms with Gasteiger partial charge < -0.3 is 0 Å². The van der Waals surface area contributed by atoms with Gasteiger partial charge in [0.05, 0.1) is 11.4 Å². The standard InChI is InChI=1S/C15H18F2N2/c1-10(2)14-8-11(3)19(18-14)13-7-5-6-12(9-13)15(4,16)17/h5-10H,1-4H3. The normalized spacial score (nSPS) is 12.2. The van der Waals surface area contributed by atoms with E-state index in [2.05, 4.69) is 18.9 Å². The van der Waals surface area contributed by atoms with Crippen molar-refractivity contribution in [2.75, 3.05) is 0 Å². The van der Waals surface area contributed by atoms with Crippen molar-refractivity contribution in [2.24, 2.45) is 0 Å². The lowest BCUT2D eigenvalue weighted by atomic mass is 10.1. The van der Waals surface area contributed by atoms with E-state index in [9.17, 15) is 8.78 Å². The Labute approximate surface area is 112 Å². The number of nitrogens with zero attached hydrogens (tertiary/aromatic N) is 2. The molecule has 1 aromatic heterocycles. The Morgan fingerprint density at radius 1 is 1.21 bits per heavy atom. The van der Waals surface area contributed by atoms with E-state index in [1.54, 1.807) is 16.8 Å². The Bertz CT molecular complexity index is 580. The Kier molecular flexibility index (Phi) is 3.43. The van der Waals surface area contributed by atoms with E-state index in [0.29, 0.717) is 11.6 Å². The molecule has 2 nitrogen and oxygen atoms in total. The third kappa shape index (κ3) is 2.83. The smallest absolute Gasteiger partial charge is 0.238 e. The van der Waals surface area contributed by atoms with Crippen molar-refractivity contribution in [1.29, 1.82) is 0 Å². The van der Waals surface area contributed by atoms with Crippen LogP contribution < -0.4 is 0 Å². The minimum Gasteiger partial charge on any atom is -0.238 e. The van der Waals surface area contributed by atoms with Crippen molar-refractivity contribution in [3.05, 3.63) is 47.3 Å². The average Bonchev–Trinajstić information content (AvgIpc) is 2.71. The zero-order valence-corrected chi connectivity index (χ0v) is 11.6. The van der Waals surface area contributed by atoms with Crippen LogP contribution in [0, 0.1) is 6.92 Å². The lowest BCUT2D eigenvalue weighted by molar-refractivity contribution is 0.0174. The maximum atomic E-state index is 13.4. The van der Waals surface area contributed by atoms with Crippen LogP contribution in [0.1, 0.15) is 43.6 Å². The molecule has 4 heteroatoms. The lowest BCUT2D eigenvalue weighted by Gasteiger charge is -2.12. The van der Waals surface area contributed by atoms with Gasteiger partial charge in [-0.3, -0.25) is 0 Å². The summed E-state index contributed by atoms with van der Waals surface area (Å²) in [6.07, 6.45) is 0. The maximum Gasteiger partial charge on any atom is 0.270 e. The van der Waals surface area contributed by atoms with Crippen LogP contribution in [0.3, 0.4) is 0 Å². The van der Waals surface area contributed by atoms with Crippen LogP contribution in [0.5, 0.6) is 0 Å². The first-order valence-electron chi connectivity index (χ1n) is 6.34. The lowest BCUT2D eigenvalue weighted by Crippen LogP contribution is -2.08. The summed E-state index contributed by atoms with van der Waals surface area (Å²) in [6, 6.07) is 8.34. The minimum atomic E-state index is -2.84. The van der Waals surface area contributed by atoms with E-state index in [-0.39, 0.29) is 5.56 Å². The Morgan fingerprint density at radius 3 is 2.42 bits per heavy atom. The fraction of sp³-hybridized carbons (Fsp3) is 0.400. The van der Waals surface area contributed by atoms with Crippen molar-refractivity contribution < 1.29 is 8.78 Å². The van der Waals surface area contributed by atoms with E-state index in [4.69, 9.17) is 0 Å². The zero-order valence-electron chi connectivity index (χ0n) is 11.6. The summed E-state index contributed by atoms with van der Waals surface area (Å²) in [5.74, 6) is -2.52. The number of benzene rings is 1. The van der Waals surface area contributed by atoms with Crippen LogP contribution in [0.15, 0.2) is 30.3 Å². The number of hydrogen-bond donors (Lipinski definition) is 0. The molecule has 0 saturated heterocycles. The summed E-state index contributed by atoms with van der Waals surface area (Å²) >= 11 is 0. The molecule has 0 bridgehead atoms. The van der Waals surface area contributed by atoms with Gasteiger partial charge in [-0.25, -0.2) is 13.5 Å². The predicted molar refractivity (Wildman–Crippen MR) is 72.0 cm³/mol. The van der Waals surface area contributed by atoms with Crippen LogP contribution in [-0.2, 0) is 5.92 Å². The first-order chi connectivity index (χ1) is 8.79. The summed E-state index contributed by atoms with van der Waals surface area (Å²) in [4.78, 5) is 0. The van der Waals surface area contributed by atoms with Gasteiger partial charge in [0.15, 0.2) is 0 Å². The molecule has 0 aliphatic carbocycles. The third-order valence-electron chi connectivity index (χ3n) is 3.10. The van der Waals surface area contributed by atoms with Crippen molar-refractivity contribution in [1.82, 2.24) is 9.78 Å². The molecule has 2 rings (SSSR count). The second-order valence-corrected chi connectivity index (χ2v) is 5.22. The van der Waals surface area contributed by atoms with E-state index >= 15 is 0 Å². The minimum absolute atomic E-state index is 0.00555. The largest absolute Gasteiger partial charge is 0.270 e. The van der Waals surface area contributed by atoms with Gasteiger partial charge in [-0.15, -0.1) is 0 Å². The van der Waals surface area contributed by atoms with Crippen molar-refractivity contribution >= 4 is 0 Å². The molecule has 1 aromatic carbocycles. The first-order valence-corrected chi connectivity index (χ1v) is 6.34. The Balaban J connectivity index is 2.48. The number of alkyl halides is 2. The number of aryl methyl sites for hydroxylation is 1. The number of rotatable bonds is 3. The highest BCUT2D eigenvalue weighted by Gasteiger charge is 2.24. The fourth-order valence-electron chi connectivity index (χ4n) is 1.95. The monoisotopic (exact) mass is 264 g/mol. The van der Waals surface area contributed by atoms with Gasteiger partial charge in [0.1, 0.15) is 0 Å². The van der Waals surface area contributed by atoms with Crippen molar-refractivity contribution in [3.8, 4) is 5.69 Å². The van der Waals surface area contributed by atoms with E-state index in [1.807, 2.05) is 13.0 Å². The van der Waals surface area contributed by atoms with Crippen LogP contribution in [-0.4, -0.2) is 9.78 Å². The summed E-state index contributed by atoms with van der Waals surface area (Å²) in [6.45, 7) is 6.95. The van der Waals surface area contributed by atoms with Gasteiger partial charge in [0.2, 0.25) is 0 Å². The molecule has 0 unspecified atom stereocenters. The molecule has 0 radical (unpaired) electrons. The Morgan fingerprint density at radius 2 is 1.89 bits per heavy atom. The van der Waals surface area contributed by atoms with Crippen molar-refractivity contribution in [3.63, 3.8) is 0 Å². The number of aromatic nitrogens is 2. The highest BCUT2D eigenvalue weighted by atomic mass is 19.3. The summed E-state index contributed by atoms with van der Waals surface area (Å²) < 4.78 is 28.4. The molecule has 0 atom stereocenters. The second-order valence-electron chi connectivity index (χ2n) is 5.22. The quantitative estimate of drug-likeness (QED) is 0.802. The van der Waals surface area contributed by atoms with Crippen molar-refractivity contribution in [2.45, 2.75) is 39.5 Å². The molecular formula is C15H18F2N2. The number of hydrogen-bond acceptors (Lipinski definition) is 1. The summed E-state index contributed by atoms with van der Waals surface area (Å²) in [5, 5.41) is 4.47. The molecule has 0 saturated carbocycles. The highest BCUT2D eigenvalue weighted by Crippen LogP contribution is 2.28. The average molecular weight is 264 g/mol. The molecule has 0 aliphatic rings. The Hall–Kier alpha value is -1.71. The van der Waals surface area contributed by atoms with Gasteiger partial charge in [0, 0.05) is 18.2 Å². The molecule has 0 amide bonds. The molecule has 0 N–H and O–H groups in total. The topological polar surface area (TPSA) is 17.8 Å². The van der Waals surface area contributed by atoms with Crippen LogP contribution >= 0.6 is 0 Å². The molecule has 0 fully saturated rings. The molecule has 102 valence electrons. The molecule has 0 aliphatic heterocycles. The number of halogens is 2. The van der Waals surface area contributed by atoms with Gasteiger partial charge in [-0.2, -0.15) is 5.10 Å². The van der Waals surface area contributed by atoms with Gasteiger partial charge >= 0.3 is 0 Å². The van der Waals surface area contributed by atoms with E-state index < -0.39 is 5.92 Å². The fourth-order valence-corrected chi connectivity index (χ4v) is 1.95. The maximum absolute atomic E-state index is 13.4. The van der Waals surface area contributed by atoms with E-state index in [1.165, 1.54) is 12.1 Å². The van der Waals surface area contributed by atoms with E-state index in [0.717, 1.165) is 18.3 Å². The molecule has 1 heterocycles. The van der Waals surface area contributed by atoms with Gasteiger partial charge in [-0.1, -0.05) is 26.0 Å². The summed E-state index contributed by atoms with van der Waals surface area (Å²) in [7, 11) is 0. The molecule has 19 heavy (non-hydrogen) atoms. The van der Waals surface area contributed by atoms with Gasteiger partial charge in [-0.05, 0) is 31.0 Å².